The fourth-order valence-electron chi connectivity index (χ4n) is 7.24. The van der Waals surface area contributed by atoms with Gasteiger partial charge in [-0.05, 0) is 61.1 Å². The zero-order valence-corrected chi connectivity index (χ0v) is 31.0. The number of hydrogen-bond acceptors (Lipinski definition) is 13. The maximum atomic E-state index is 13.5. The van der Waals surface area contributed by atoms with Crippen LogP contribution >= 0.6 is 0 Å². The predicted octanol–water partition coefficient (Wildman–Crippen LogP) is 3.07. The van der Waals surface area contributed by atoms with Crippen LogP contribution in [0.1, 0.15) is 81.6 Å². The van der Waals surface area contributed by atoms with E-state index in [1.807, 2.05) is 39.8 Å². The van der Waals surface area contributed by atoms with E-state index in [4.69, 9.17) is 28.5 Å². The number of ether oxygens (including phenoxy) is 5. The molecule has 3 N–H and O–H groups in total. The number of oxime groups is 1. The molecule has 0 saturated carbocycles. The Hall–Kier alpha value is -2.13. The molecule has 0 aliphatic carbocycles. The van der Waals surface area contributed by atoms with Crippen molar-refractivity contribution >= 4 is 17.7 Å². The Morgan fingerprint density at radius 1 is 1.15 bits per heavy atom. The highest BCUT2D eigenvalue weighted by molar-refractivity contribution is 5.88. The van der Waals surface area contributed by atoms with Crippen molar-refractivity contribution in [2.75, 3.05) is 27.8 Å². The molecule has 2 heterocycles. The van der Waals surface area contributed by atoms with Crippen LogP contribution in [0.4, 0.5) is 0 Å². The van der Waals surface area contributed by atoms with Crippen LogP contribution in [0.5, 0.6) is 0 Å². The summed E-state index contributed by atoms with van der Waals surface area (Å²) < 4.78 is 30.9. The molecule has 2 rings (SSSR count). The number of cyclic esters (lactones) is 1. The molecule has 0 unspecified atom stereocenters. The van der Waals surface area contributed by atoms with Crippen LogP contribution in [-0.4, -0.2) is 126 Å². The lowest BCUT2D eigenvalue weighted by molar-refractivity contribution is -0.303. The molecule has 0 bridgehead atoms. The molecule has 2 saturated heterocycles. The number of hydrogen-bond donors (Lipinski definition) is 3. The number of likely N-dealkylation sites (N-methyl/N-ethyl adjacent to an activating group) is 1. The molecule has 0 aromatic rings. The van der Waals surface area contributed by atoms with Crippen LogP contribution in [0.25, 0.3) is 0 Å². The Labute approximate surface area is 286 Å². The average Bonchev–Trinajstić information content (AvgIpc) is 3.02. The molecule has 0 aromatic heterocycles. The Morgan fingerprint density at radius 3 is 2.29 bits per heavy atom. The van der Waals surface area contributed by atoms with Gasteiger partial charge in [-0.25, -0.2) is 0 Å². The quantitative estimate of drug-likeness (QED) is 0.141. The van der Waals surface area contributed by atoms with Gasteiger partial charge in [0.25, 0.3) is 0 Å². The first-order valence-corrected chi connectivity index (χ1v) is 17.1. The van der Waals surface area contributed by atoms with Crippen molar-refractivity contribution in [1.29, 1.82) is 0 Å². The number of methoxy groups -OCH3 is 1. The topological polar surface area (TPSA) is 166 Å². The van der Waals surface area contributed by atoms with Gasteiger partial charge < -0.3 is 48.7 Å². The summed E-state index contributed by atoms with van der Waals surface area (Å²) in [6.45, 7) is 19.0. The lowest BCUT2D eigenvalue weighted by atomic mass is 9.73. The maximum Gasteiger partial charge on any atom is 0.311 e. The highest BCUT2D eigenvalue weighted by atomic mass is 16.7. The first kappa shape index (κ1) is 42.0. The van der Waals surface area contributed by atoms with Crippen LogP contribution in [0.3, 0.4) is 0 Å². The van der Waals surface area contributed by atoms with Crippen molar-refractivity contribution in [3.05, 3.63) is 12.7 Å². The molecule has 13 nitrogen and oxygen atoms in total. The van der Waals surface area contributed by atoms with Gasteiger partial charge in [0.15, 0.2) is 12.4 Å². The molecular formula is C35H62N2O11. The van der Waals surface area contributed by atoms with Gasteiger partial charge in [-0.2, -0.15) is 0 Å². The molecule has 0 amide bonds. The standard InChI is InChI=1S/C35H62N2O11/c1-14-16-44-36-27-19(3)18-34(9,43-13)31(48-33-29(46-24(8)38)25(37(11)12)17-20(4)45-33)22(6)28(39)23(7)32(41)47-26(15-2)35(10,42)30(40)21(27)5/h14,19-23,25-26,28-31,33,39-40,42H,1,15-18H2,2-13H3/b36-27+/t19-,20-,21+,22+,23-,25+,26-,28+,29-,30-,31-,33+,34-,35-/m1/s1. The van der Waals surface area contributed by atoms with Gasteiger partial charge in [-0.3, -0.25) is 9.59 Å². The van der Waals surface area contributed by atoms with Crippen molar-refractivity contribution < 1.29 is 53.4 Å². The second-order valence-corrected chi connectivity index (χ2v) is 14.4. The third-order valence-electron chi connectivity index (χ3n) is 10.2. The monoisotopic (exact) mass is 686 g/mol. The number of nitrogens with zero attached hydrogens (tertiary/aromatic N) is 2. The largest absolute Gasteiger partial charge is 0.459 e. The van der Waals surface area contributed by atoms with Gasteiger partial charge >= 0.3 is 11.9 Å². The van der Waals surface area contributed by atoms with E-state index in [0.29, 0.717) is 12.1 Å². The first-order valence-electron chi connectivity index (χ1n) is 17.1. The number of aliphatic hydroxyl groups is 3. The predicted molar refractivity (Wildman–Crippen MR) is 180 cm³/mol. The first-order chi connectivity index (χ1) is 22.3. The van der Waals surface area contributed by atoms with Crippen molar-refractivity contribution in [3.63, 3.8) is 0 Å². The zero-order valence-electron chi connectivity index (χ0n) is 31.0. The highest BCUT2D eigenvalue weighted by Gasteiger charge is 2.52. The molecule has 278 valence electrons. The summed E-state index contributed by atoms with van der Waals surface area (Å²) in [7, 11) is 5.31. The van der Waals surface area contributed by atoms with Crippen molar-refractivity contribution in [3.8, 4) is 0 Å². The smallest absolute Gasteiger partial charge is 0.311 e. The lowest BCUT2D eigenvalue weighted by Crippen LogP contribution is -2.61. The number of carbonyl (C=O) groups excluding carboxylic acids is 2. The third kappa shape index (κ3) is 9.76. The Kier molecular flexibility index (Phi) is 15.5. The van der Waals surface area contributed by atoms with Gasteiger partial charge in [-0.15, -0.1) is 0 Å². The van der Waals surface area contributed by atoms with Crippen LogP contribution in [0.15, 0.2) is 17.8 Å². The summed E-state index contributed by atoms with van der Waals surface area (Å²) >= 11 is 0. The summed E-state index contributed by atoms with van der Waals surface area (Å²) in [6.07, 6.45) is -4.28. The van der Waals surface area contributed by atoms with E-state index < -0.39 is 83.6 Å². The van der Waals surface area contributed by atoms with Gasteiger partial charge in [0.2, 0.25) is 0 Å². The SMILES string of the molecule is C=CCO/N=C1\[C@H](C)C[C@@](C)(OC)[C@H](O[C@@H]2O[C@H](C)C[C@H](N(C)C)[C@H]2OC(C)=O)[C@@H](C)[C@H](O)[C@@H](C)C(=O)O[C@H](CC)[C@@](C)(O)[C@H](O)[C@H]1C. The summed E-state index contributed by atoms with van der Waals surface area (Å²) in [5.41, 5.74) is -2.62. The molecule has 0 spiro atoms. The molecule has 2 aliphatic heterocycles. The lowest BCUT2D eigenvalue weighted by Gasteiger charge is -2.48. The zero-order chi connectivity index (χ0) is 36.7. The Balaban J connectivity index is 2.77. The van der Waals surface area contributed by atoms with Gasteiger partial charge in [0.05, 0.1) is 47.7 Å². The van der Waals surface area contributed by atoms with E-state index in [2.05, 4.69) is 11.7 Å². The van der Waals surface area contributed by atoms with E-state index in [1.54, 1.807) is 33.8 Å². The van der Waals surface area contributed by atoms with Crippen molar-refractivity contribution in [2.45, 2.75) is 142 Å². The Bertz CT molecular complexity index is 1100. The van der Waals surface area contributed by atoms with Gasteiger partial charge in [-0.1, -0.05) is 45.5 Å². The highest BCUT2D eigenvalue weighted by Crippen LogP contribution is 2.40. The Morgan fingerprint density at radius 2 is 1.77 bits per heavy atom. The average molecular weight is 687 g/mol. The summed E-state index contributed by atoms with van der Waals surface area (Å²) in [6, 6.07) is -0.232. The molecule has 2 aliphatic rings. The third-order valence-corrected chi connectivity index (χ3v) is 10.2. The van der Waals surface area contributed by atoms with Crippen molar-refractivity contribution in [2.24, 2.45) is 28.8 Å². The molecule has 2 fully saturated rings. The minimum Gasteiger partial charge on any atom is -0.459 e. The molecule has 14 atom stereocenters. The molecule has 0 aromatic carbocycles. The summed E-state index contributed by atoms with van der Waals surface area (Å²) in [4.78, 5) is 33.3. The van der Waals surface area contributed by atoms with Gasteiger partial charge in [0.1, 0.15) is 18.3 Å². The number of rotatable bonds is 9. The number of carbonyl (C=O) groups is 2. The van der Waals surface area contributed by atoms with E-state index in [-0.39, 0.29) is 31.6 Å². The van der Waals surface area contributed by atoms with Crippen LogP contribution in [0, 0.1) is 23.7 Å². The number of esters is 2. The van der Waals surface area contributed by atoms with Gasteiger partial charge in [0, 0.05) is 31.8 Å². The van der Waals surface area contributed by atoms with E-state index >= 15 is 0 Å². The number of aliphatic hydroxyl groups excluding tert-OH is 2. The normalized spacial score (nSPS) is 42.9. The molecule has 13 heteroatoms. The van der Waals surface area contributed by atoms with E-state index in [0.717, 1.165) is 0 Å². The maximum absolute atomic E-state index is 13.5. The summed E-state index contributed by atoms with van der Waals surface area (Å²) in [5, 5.41) is 39.4. The van der Waals surface area contributed by atoms with Crippen LogP contribution in [-0.2, 0) is 38.1 Å². The fraction of sp³-hybridized carbons (Fsp3) is 0.857. The summed E-state index contributed by atoms with van der Waals surface area (Å²) in [5.74, 6) is -4.24. The molecule has 48 heavy (non-hydrogen) atoms. The second kappa shape index (κ2) is 17.7. The van der Waals surface area contributed by atoms with Crippen molar-refractivity contribution in [1.82, 2.24) is 4.90 Å². The van der Waals surface area contributed by atoms with E-state index in [1.165, 1.54) is 21.0 Å². The van der Waals surface area contributed by atoms with Crippen LogP contribution in [0.2, 0.25) is 0 Å². The van der Waals surface area contributed by atoms with E-state index in [9.17, 15) is 24.9 Å². The fourth-order valence-corrected chi connectivity index (χ4v) is 7.24. The minimum absolute atomic E-state index is 0.112. The second-order valence-electron chi connectivity index (χ2n) is 14.4. The van der Waals surface area contributed by atoms with Crippen LogP contribution < -0.4 is 0 Å². The minimum atomic E-state index is -1.87. The molecule has 0 radical (unpaired) electrons. The molecular weight excluding hydrogens is 624 g/mol.